The Morgan fingerprint density at radius 2 is 2.56 bits per heavy atom. The van der Waals surface area contributed by atoms with Gasteiger partial charge in [-0.2, -0.15) is 0 Å². The SMILES string of the molecule is CC1=CC(CCN)CC1. The van der Waals surface area contributed by atoms with Gasteiger partial charge in [0.15, 0.2) is 0 Å². The number of allylic oxidation sites excluding steroid dienone is 2. The first-order valence-corrected chi connectivity index (χ1v) is 3.70. The van der Waals surface area contributed by atoms with Crippen LogP contribution in [0.3, 0.4) is 0 Å². The monoisotopic (exact) mass is 125 g/mol. The predicted octanol–water partition coefficient (Wildman–Crippen LogP) is 1.69. The van der Waals surface area contributed by atoms with Gasteiger partial charge in [0.05, 0.1) is 0 Å². The molecular weight excluding hydrogens is 110 g/mol. The van der Waals surface area contributed by atoms with Gasteiger partial charge < -0.3 is 5.73 Å². The summed E-state index contributed by atoms with van der Waals surface area (Å²) < 4.78 is 0. The van der Waals surface area contributed by atoms with E-state index in [1.165, 1.54) is 19.3 Å². The fraction of sp³-hybridized carbons (Fsp3) is 0.750. The maximum absolute atomic E-state index is 5.42. The summed E-state index contributed by atoms with van der Waals surface area (Å²) in [4.78, 5) is 0. The van der Waals surface area contributed by atoms with Crippen LogP contribution in [0.4, 0.5) is 0 Å². The molecule has 0 aromatic heterocycles. The lowest BCUT2D eigenvalue weighted by Gasteiger charge is -2.01. The van der Waals surface area contributed by atoms with Crippen molar-refractivity contribution >= 4 is 0 Å². The molecule has 0 spiro atoms. The first kappa shape index (κ1) is 6.81. The first-order chi connectivity index (χ1) is 4.33. The lowest BCUT2D eigenvalue weighted by atomic mass is 10.1. The molecule has 0 bridgehead atoms. The van der Waals surface area contributed by atoms with Crippen LogP contribution in [0.5, 0.6) is 0 Å². The Balaban J connectivity index is 2.29. The quantitative estimate of drug-likeness (QED) is 0.558. The zero-order chi connectivity index (χ0) is 6.69. The van der Waals surface area contributed by atoms with Crippen molar-refractivity contribution < 1.29 is 0 Å². The van der Waals surface area contributed by atoms with E-state index in [2.05, 4.69) is 13.0 Å². The zero-order valence-electron chi connectivity index (χ0n) is 6.06. The van der Waals surface area contributed by atoms with Crippen molar-refractivity contribution in [2.45, 2.75) is 26.2 Å². The summed E-state index contributed by atoms with van der Waals surface area (Å²) in [5.41, 5.74) is 6.97. The molecule has 0 radical (unpaired) electrons. The van der Waals surface area contributed by atoms with Crippen molar-refractivity contribution in [3.8, 4) is 0 Å². The maximum atomic E-state index is 5.42. The highest BCUT2D eigenvalue weighted by Gasteiger charge is 2.10. The molecule has 1 aliphatic rings. The summed E-state index contributed by atoms with van der Waals surface area (Å²) in [5, 5.41) is 0. The van der Waals surface area contributed by atoms with Crippen LogP contribution >= 0.6 is 0 Å². The van der Waals surface area contributed by atoms with Gasteiger partial charge in [0.25, 0.3) is 0 Å². The molecular formula is C8H15N. The minimum Gasteiger partial charge on any atom is -0.330 e. The second kappa shape index (κ2) is 3.02. The van der Waals surface area contributed by atoms with Crippen molar-refractivity contribution in [1.29, 1.82) is 0 Å². The highest BCUT2D eigenvalue weighted by atomic mass is 14.5. The number of rotatable bonds is 2. The summed E-state index contributed by atoms with van der Waals surface area (Å²) >= 11 is 0. The average molecular weight is 125 g/mol. The standard InChI is InChI=1S/C8H15N/c1-7-2-3-8(6-7)4-5-9/h6,8H,2-5,9H2,1H3. The number of hydrogen-bond acceptors (Lipinski definition) is 1. The average Bonchev–Trinajstić information content (AvgIpc) is 2.17. The van der Waals surface area contributed by atoms with Crippen molar-refractivity contribution in [3.05, 3.63) is 11.6 Å². The van der Waals surface area contributed by atoms with Crippen molar-refractivity contribution in [1.82, 2.24) is 0 Å². The predicted molar refractivity (Wildman–Crippen MR) is 40.2 cm³/mol. The Morgan fingerprint density at radius 1 is 1.78 bits per heavy atom. The summed E-state index contributed by atoms with van der Waals surface area (Å²) in [6.07, 6.45) is 6.18. The molecule has 0 aliphatic heterocycles. The summed E-state index contributed by atoms with van der Waals surface area (Å²) in [6, 6.07) is 0. The van der Waals surface area contributed by atoms with E-state index in [9.17, 15) is 0 Å². The Kier molecular flexibility index (Phi) is 2.29. The van der Waals surface area contributed by atoms with Gasteiger partial charge in [-0.3, -0.25) is 0 Å². The van der Waals surface area contributed by atoms with E-state index in [-0.39, 0.29) is 0 Å². The third-order valence-corrected chi connectivity index (χ3v) is 1.97. The minimum absolute atomic E-state index is 0.801. The molecule has 1 unspecified atom stereocenters. The smallest absolute Gasteiger partial charge is 0.00717 e. The van der Waals surface area contributed by atoms with Crippen LogP contribution in [0, 0.1) is 5.92 Å². The van der Waals surface area contributed by atoms with Crippen LogP contribution in [0.15, 0.2) is 11.6 Å². The van der Waals surface area contributed by atoms with Crippen LogP contribution < -0.4 is 5.73 Å². The van der Waals surface area contributed by atoms with E-state index in [1.807, 2.05) is 0 Å². The van der Waals surface area contributed by atoms with Gasteiger partial charge in [0, 0.05) is 0 Å². The second-order valence-corrected chi connectivity index (χ2v) is 2.89. The highest BCUT2D eigenvalue weighted by Crippen LogP contribution is 2.25. The second-order valence-electron chi connectivity index (χ2n) is 2.89. The van der Waals surface area contributed by atoms with Crippen molar-refractivity contribution in [2.75, 3.05) is 6.54 Å². The Hall–Kier alpha value is -0.300. The molecule has 0 amide bonds. The Morgan fingerprint density at radius 3 is 3.00 bits per heavy atom. The molecule has 0 saturated heterocycles. The van der Waals surface area contributed by atoms with E-state index in [0.29, 0.717) is 0 Å². The van der Waals surface area contributed by atoms with Gasteiger partial charge >= 0.3 is 0 Å². The van der Waals surface area contributed by atoms with Crippen molar-refractivity contribution in [2.24, 2.45) is 11.7 Å². The molecule has 0 fully saturated rings. The molecule has 1 heteroatoms. The summed E-state index contributed by atoms with van der Waals surface area (Å²) in [7, 11) is 0. The minimum atomic E-state index is 0.801. The van der Waals surface area contributed by atoms with Crippen LogP contribution in [-0.2, 0) is 0 Å². The molecule has 52 valence electrons. The molecule has 0 heterocycles. The van der Waals surface area contributed by atoms with Crippen LogP contribution in [0.25, 0.3) is 0 Å². The van der Waals surface area contributed by atoms with Crippen LogP contribution in [0.1, 0.15) is 26.2 Å². The largest absolute Gasteiger partial charge is 0.330 e. The lowest BCUT2D eigenvalue weighted by molar-refractivity contribution is 0.586. The number of hydrogen-bond donors (Lipinski definition) is 1. The van der Waals surface area contributed by atoms with Crippen LogP contribution in [0.2, 0.25) is 0 Å². The molecule has 1 aliphatic carbocycles. The summed E-state index contributed by atoms with van der Waals surface area (Å²) in [6.45, 7) is 3.05. The normalized spacial score (nSPS) is 26.4. The molecule has 0 saturated carbocycles. The fourth-order valence-electron chi connectivity index (χ4n) is 1.42. The van der Waals surface area contributed by atoms with E-state index >= 15 is 0 Å². The zero-order valence-corrected chi connectivity index (χ0v) is 6.06. The van der Waals surface area contributed by atoms with Gasteiger partial charge in [-0.1, -0.05) is 11.6 Å². The molecule has 0 aromatic carbocycles. The van der Waals surface area contributed by atoms with E-state index in [0.717, 1.165) is 12.5 Å². The molecule has 1 rings (SSSR count). The highest BCUT2D eigenvalue weighted by molar-refractivity contribution is 5.07. The van der Waals surface area contributed by atoms with E-state index < -0.39 is 0 Å². The molecule has 9 heavy (non-hydrogen) atoms. The molecule has 1 atom stereocenters. The van der Waals surface area contributed by atoms with Gasteiger partial charge in [-0.25, -0.2) is 0 Å². The maximum Gasteiger partial charge on any atom is -0.00717 e. The molecule has 0 aromatic rings. The Labute approximate surface area is 56.9 Å². The molecule has 1 nitrogen and oxygen atoms in total. The van der Waals surface area contributed by atoms with E-state index in [1.54, 1.807) is 5.57 Å². The third-order valence-electron chi connectivity index (χ3n) is 1.97. The molecule has 2 N–H and O–H groups in total. The lowest BCUT2D eigenvalue weighted by Crippen LogP contribution is -2.04. The van der Waals surface area contributed by atoms with Gasteiger partial charge in [-0.15, -0.1) is 0 Å². The van der Waals surface area contributed by atoms with Crippen molar-refractivity contribution in [3.63, 3.8) is 0 Å². The number of nitrogens with two attached hydrogens (primary N) is 1. The Bertz CT molecular complexity index is 116. The van der Waals surface area contributed by atoms with Gasteiger partial charge in [-0.05, 0) is 38.6 Å². The van der Waals surface area contributed by atoms with Crippen LogP contribution in [-0.4, -0.2) is 6.54 Å². The third kappa shape index (κ3) is 1.83. The van der Waals surface area contributed by atoms with Gasteiger partial charge in [0.2, 0.25) is 0 Å². The summed E-state index contributed by atoms with van der Waals surface area (Å²) in [5.74, 6) is 0.801. The van der Waals surface area contributed by atoms with Gasteiger partial charge in [0.1, 0.15) is 0 Å². The topological polar surface area (TPSA) is 26.0 Å². The first-order valence-electron chi connectivity index (χ1n) is 3.70. The fourth-order valence-corrected chi connectivity index (χ4v) is 1.42. The van der Waals surface area contributed by atoms with E-state index in [4.69, 9.17) is 5.73 Å².